The third-order valence-corrected chi connectivity index (χ3v) is 4.66. The number of benzene rings is 1. The minimum absolute atomic E-state index is 0.112. The van der Waals surface area contributed by atoms with E-state index in [1.807, 2.05) is 19.9 Å². The van der Waals surface area contributed by atoms with Gasteiger partial charge >= 0.3 is 0 Å². The highest BCUT2D eigenvalue weighted by Gasteiger charge is 2.20. The van der Waals surface area contributed by atoms with Crippen LogP contribution < -0.4 is 10.2 Å². The van der Waals surface area contributed by atoms with Crippen LogP contribution in [0.25, 0.3) is 0 Å². The highest BCUT2D eigenvalue weighted by atomic mass is 35.5. The summed E-state index contributed by atoms with van der Waals surface area (Å²) in [5.41, 5.74) is 5.86. The van der Waals surface area contributed by atoms with Crippen molar-refractivity contribution >= 4 is 34.8 Å². The van der Waals surface area contributed by atoms with Crippen molar-refractivity contribution < 1.29 is 9.53 Å². The number of hydrogen-bond donors (Lipinski definition) is 1. The van der Waals surface area contributed by atoms with E-state index in [2.05, 4.69) is 15.6 Å². The summed E-state index contributed by atoms with van der Waals surface area (Å²) >= 11 is 12.3. The molecule has 1 aromatic carbocycles. The maximum atomic E-state index is 12.2. The molecule has 1 aromatic heterocycles. The number of amides is 1. The molecule has 0 fully saturated rings. The highest BCUT2D eigenvalue weighted by molar-refractivity contribution is 6.43. The molecule has 25 heavy (non-hydrogen) atoms. The first-order valence-corrected chi connectivity index (χ1v) is 8.69. The molecule has 0 bridgehead atoms. The molecule has 6 nitrogen and oxygen atoms in total. The van der Waals surface area contributed by atoms with Gasteiger partial charge in [-0.3, -0.25) is 9.48 Å². The molecule has 2 aromatic rings. The lowest BCUT2D eigenvalue weighted by atomic mass is 10.1. The van der Waals surface area contributed by atoms with Crippen molar-refractivity contribution in [2.75, 3.05) is 6.61 Å². The second-order valence-electron chi connectivity index (χ2n) is 5.87. The Hall–Kier alpha value is -2.05. The summed E-state index contributed by atoms with van der Waals surface area (Å²) in [7, 11) is 0. The van der Waals surface area contributed by atoms with E-state index in [1.54, 1.807) is 16.8 Å². The minimum Gasteiger partial charge on any atom is -0.491 e. The summed E-state index contributed by atoms with van der Waals surface area (Å²) in [5, 5.41) is 9.34. The number of carbonyl (C=O) groups is 1. The second kappa shape index (κ2) is 7.45. The standard InChI is InChI=1S/C17H18Cl2N4O2/c1-10-8-11(2)23(22-10)9-15(24)21-20-14-4-3-7-25-17-12(14)5-6-13(18)16(17)19/h5-6,8H,3-4,7,9H2,1-2H3,(H,21,24)/b20-14-. The van der Waals surface area contributed by atoms with E-state index in [0.29, 0.717) is 34.5 Å². The molecular weight excluding hydrogens is 363 g/mol. The SMILES string of the molecule is Cc1cc(C)n(CC(=O)N/N=C2/CCCOc3c2ccc(Cl)c3Cl)n1. The average molecular weight is 381 g/mol. The number of rotatable bonds is 3. The number of ether oxygens (including phenoxy) is 1. The van der Waals surface area contributed by atoms with Gasteiger partial charge in [-0.1, -0.05) is 23.2 Å². The van der Waals surface area contributed by atoms with E-state index in [9.17, 15) is 4.79 Å². The summed E-state index contributed by atoms with van der Waals surface area (Å²) in [6.45, 7) is 4.43. The Bertz CT molecular complexity index is 845. The van der Waals surface area contributed by atoms with E-state index in [0.717, 1.165) is 23.4 Å². The van der Waals surface area contributed by atoms with Crippen molar-refractivity contribution in [3.8, 4) is 5.75 Å². The molecule has 0 atom stereocenters. The van der Waals surface area contributed by atoms with Gasteiger partial charge in [0.15, 0.2) is 0 Å². The highest BCUT2D eigenvalue weighted by Crippen LogP contribution is 2.37. The Morgan fingerprint density at radius 1 is 1.40 bits per heavy atom. The molecular formula is C17H18Cl2N4O2. The van der Waals surface area contributed by atoms with Crippen LogP contribution >= 0.6 is 23.2 Å². The molecule has 0 unspecified atom stereocenters. The van der Waals surface area contributed by atoms with E-state index >= 15 is 0 Å². The second-order valence-corrected chi connectivity index (χ2v) is 6.65. The predicted octanol–water partition coefficient (Wildman–Crippen LogP) is 3.50. The Kier molecular flexibility index (Phi) is 5.30. The smallest absolute Gasteiger partial charge is 0.261 e. The van der Waals surface area contributed by atoms with Crippen LogP contribution in [-0.2, 0) is 11.3 Å². The number of carbonyl (C=O) groups excluding carboxylic acids is 1. The molecule has 2 heterocycles. The van der Waals surface area contributed by atoms with Crippen LogP contribution in [0, 0.1) is 13.8 Å². The molecule has 1 aliphatic heterocycles. The number of aromatic nitrogens is 2. The number of halogens is 2. The summed E-state index contributed by atoms with van der Waals surface area (Å²) < 4.78 is 7.33. The van der Waals surface area contributed by atoms with Crippen molar-refractivity contribution in [1.82, 2.24) is 15.2 Å². The van der Waals surface area contributed by atoms with Crippen molar-refractivity contribution in [2.45, 2.75) is 33.2 Å². The number of hydrogen-bond acceptors (Lipinski definition) is 4. The maximum Gasteiger partial charge on any atom is 0.261 e. The van der Waals surface area contributed by atoms with Crippen molar-refractivity contribution in [1.29, 1.82) is 0 Å². The molecule has 0 spiro atoms. The van der Waals surface area contributed by atoms with Crippen LogP contribution in [0.1, 0.15) is 29.8 Å². The zero-order chi connectivity index (χ0) is 18.0. The third kappa shape index (κ3) is 3.96. The fourth-order valence-electron chi connectivity index (χ4n) is 2.70. The lowest BCUT2D eigenvalue weighted by Crippen LogP contribution is -2.25. The van der Waals surface area contributed by atoms with Gasteiger partial charge < -0.3 is 4.74 Å². The van der Waals surface area contributed by atoms with Crippen molar-refractivity contribution in [3.63, 3.8) is 0 Å². The lowest BCUT2D eigenvalue weighted by molar-refractivity contribution is -0.121. The number of nitrogens with one attached hydrogen (secondary N) is 1. The fraction of sp³-hybridized carbons (Fsp3) is 0.353. The van der Waals surface area contributed by atoms with Gasteiger partial charge in [0.25, 0.3) is 5.91 Å². The molecule has 0 saturated heterocycles. The monoisotopic (exact) mass is 380 g/mol. The van der Waals surface area contributed by atoms with E-state index in [4.69, 9.17) is 27.9 Å². The molecule has 1 amide bonds. The molecule has 0 radical (unpaired) electrons. The maximum absolute atomic E-state index is 12.2. The first-order chi connectivity index (χ1) is 12.0. The van der Waals surface area contributed by atoms with Gasteiger partial charge in [-0.05, 0) is 44.9 Å². The van der Waals surface area contributed by atoms with Gasteiger partial charge in [0, 0.05) is 11.3 Å². The predicted molar refractivity (Wildman–Crippen MR) is 97.6 cm³/mol. The van der Waals surface area contributed by atoms with Gasteiger partial charge in [0.2, 0.25) is 0 Å². The van der Waals surface area contributed by atoms with Crippen LogP contribution in [0.4, 0.5) is 0 Å². The molecule has 1 N–H and O–H groups in total. The summed E-state index contributed by atoms with van der Waals surface area (Å²) in [6, 6.07) is 5.43. The Labute approximate surface area is 155 Å². The molecule has 132 valence electrons. The number of fused-ring (bicyclic) bond motifs is 1. The van der Waals surface area contributed by atoms with Gasteiger partial charge in [-0.15, -0.1) is 0 Å². The van der Waals surface area contributed by atoms with Gasteiger partial charge in [0.05, 0.1) is 23.0 Å². The number of nitrogens with zero attached hydrogens (tertiary/aromatic N) is 3. The summed E-state index contributed by atoms with van der Waals surface area (Å²) in [6.07, 6.45) is 1.44. The fourth-order valence-corrected chi connectivity index (χ4v) is 3.07. The van der Waals surface area contributed by atoms with Crippen LogP contribution in [0.5, 0.6) is 5.75 Å². The van der Waals surface area contributed by atoms with E-state index in [-0.39, 0.29) is 12.5 Å². The quantitative estimate of drug-likeness (QED) is 0.828. The van der Waals surface area contributed by atoms with E-state index < -0.39 is 0 Å². The summed E-state index contributed by atoms with van der Waals surface area (Å²) in [4.78, 5) is 12.2. The van der Waals surface area contributed by atoms with Crippen LogP contribution in [0.3, 0.4) is 0 Å². The van der Waals surface area contributed by atoms with Gasteiger partial charge in [0.1, 0.15) is 17.3 Å². The molecule has 1 aliphatic rings. The summed E-state index contributed by atoms with van der Waals surface area (Å²) in [5.74, 6) is 0.267. The third-order valence-electron chi connectivity index (χ3n) is 3.88. The Morgan fingerprint density at radius 2 is 2.20 bits per heavy atom. The van der Waals surface area contributed by atoms with Gasteiger partial charge in [-0.25, -0.2) is 5.43 Å². The van der Waals surface area contributed by atoms with Crippen molar-refractivity contribution in [2.24, 2.45) is 5.10 Å². The first-order valence-electron chi connectivity index (χ1n) is 7.93. The zero-order valence-electron chi connectivity index (χ0n) is 14.0. The van der Waals surface area contributed by atoms with Gasteiger partial charge in [-0.2, -0.15) is 10.2 Å². The molecule has 0 saturated carbocycles. The number of aryl methyl sites for hydroxylation is 2. The van der Waals surface area contributed by atoms with Crippen LogP contribution in [0.15, 0.2) is 23.3 Å². The Morgan fingerprint density at radius 3 is 2.92 bits per heavy atom. The van der Waals surface area contributed by atoms with Crippen LogP contribution in [0.2, 0.25) is 10.0 Å². The van der Waals surface area contributed by atoms with Crippen LogP contribution in [-0.4, -0.2) is 28.0 Å². The first kappa shape index (κ1) is 17.8. The van der Waals surface area contributed by atoms with Crippen molar-refractivity contribution in [3.05, 3.63) is 45.2 Å². The zero-order valence-corrected chi connectivity index (χ0v) is 15.5. The largest absolute Gasteiger partial charge is 0.491 e. The molecule has 0 aliphatic carbocycles. The molecule has 3 rings (SSSR count). The minimum atomic E-state index is -0.245. The topological polar surface area (TPSA) is 68.5 Å². The average Bonchev–Trinajstić information content (AvgIpc) is 2.77. The Balaban J connectivity index is 1.78. The lowest BCUT2D eigenvalue weighted by Gasteiger charge is -2.11. The molecule has 8 heteroatoms. The van der Waals surface area contributed by atoms with E-state index in [1.165, 1.54) is 0 Å². The normalized spacial score (nSPS) is 15.4. The number of hydrazone groups is 1.